The molecule has 170 valence electrons. The molecule has 0 saturated heterocycles. The molecule has 1 aromatic heterocycles. The maximum absolute atomic E-state index is 11.2. The fourth-order valence-electron chi connectivity index (χ4n) is 2.90. The zero-order valence-electron chi connectivity index (χ0n) is 17.6. The Kier molecular flexibility index (Phi) is 8.17. The third-order valence-electron chi connectivity index (χ3n) is 4.49. The van der Waals surface area contributed by atoms with Crippen LogP contribution in [-0.4, -0.2) is 29.3 Å². The van der Waals surface area contributed by atoms with Crippen LogP contribution >= 0.6 is 23.7 Å². The fraction of sp³-hybridized carbons (Fsp3) is 0.130. The average molecular weight is 485 g/mol. The van der Waals surface area contributed by atoms with E-state index in [2.05, 4.69) is 15.5 Å². The number of fused-ring (bicyclic) bond motifs is 1. The molecule has 0 saturated carbocycles. The largest absolute Gasteiger partial charge is 0.490 e. The van der Waals surface area contributed by atoms with Crippen LogP contribution in [-0.2, 0) is 0 Å². The van der Waals surface area contributed by atoms with Crippen molar-refractivity contribution in [3.63, 3.8) is 0 Å². The van der Waals surface area contributed by atoms with Crippen LogP contribution in [0.4, 0.5) is 10.8 Å². The molecule has 0 amide bonds. The molecule has 10 heteroatoms. The Labute approximate surface area is 200 Å². The van der Waals surface area contributed by atoms with Crippen molar-refractivity contribution in [2.45, 2.75) is 6.92 Å². The zero-order valence-corrected chi connectivity index (χ0v) is 19.3. The van der Waals surface area contributed by atoms with Gasteiger partial charge in [-0.3, -0.25) is 15.5 Å². The summed E-state index contributed by atoms with van der Waals surface area (Å²) >= 11 is 1.47. The number of hydrazone groups is 1. The minimum atomic E-state index is -0.456. The summed E-state index contributed by atoms with van der Waals surface area (Å²) in [6.45, 7) is 2.62. The first kappa shape index (κ1) is 24.0. The van der Waals surface area contributed by atoms with E-state index >= 15 is 0 Å². The van der Waals surface area contributed by atoms with Crippen molar-refractivity contribution >= 4 is 51.0 Å². The SMILES string of the molecule is Cc1ccc(OCCOc2ccc([N+](=O)[O-])cc2C=NNc2nc3ccccc3s2)cc1.Cl. The van der Waals surface area contributed by atoms with Crippen LogP contribution in [0.3, 0.4) is 0 Å². The first-order valence-corrected chi connectivity index (χ1v) is 10.7. The maximum Gasteiger partial charge on any atom is 0.270 e. The number of aryl methyl sites for hydroxylation is 1. The van der Waals surface area contributed by atoms with Crippen LogP contribution in [0.1, 0.15) is 11.1 Å². The third-order valence-corrected chi connectivity index (χ3v) is 5.43. The molecule has 0 aliphatic rings. The Hall–Kier alpha value is -3.69. The number of nitrogens with one attached hydrogen (secondary N) is 1. The summed E-state index contributed by atoms with van der Waals surface area (Å²) in [4.78, 5) is 15.2. The monoisotopic (exact) mass is 484 g/mol. The second-order valence-electron chi connectivity index (χ2n) is 6.85. The third kappa shape index (κ3) is 6.41. The van der Waals surface area contributed by atoms with Gasteiger partial charge in [-0.1, -0.05) is 41.2 Å². The second-order valence-corrected chi connectivity index (χ2v) is 7.88. The number of hydrogen-bond donors (Lipinski definition) is 1. The number of anilines is 1. The standard InChI is InChI=1S/C23H20N4O4S.ClH/c1-16-6-9-19(10-7-16)30-12-13-31-21-11-8-18(27(28)29)14-17(21)15-24-26-23-25-20-4-2-3-5-22(20)32-23;/h2-11,14-15H,12-13H2,1H3,(H,25,26);1H. The predicted octanol–water partition coefficient (Wildman–Crippen LogP) is 5.84. The number of non-ortho nitro benzene ring substituents is 1. The number of thiazole rings is 1. The van der Waals surface area contributed by atoms with E-state index < -0.39 is 4.92 Å². The van der Waals surface area contributed by atoms with Gasteiger partial charge in [-0.15, -0.1) is 12.4 Å². The number of ether oxygens (including phenoxy) is 2. The smallest absolute Gasteiger partial charge is 0.270 e. The molecule has 0 aliphatic heterocycles. The van der Waals surface area contributed by atoms with Crippen LogP contribution in [0.5, 0.6) is 11.5 Å². The summed E-state index contributed by atoms with van der Waals surface area (Å²) in [5.41, 5.74) is 5.34. The van der Waals surface area contributed by atoms with Crippen LogP contribution in [0.25, 0.3) is 10.2 Å². The van der Waals surface area contributed by atoms with Crippen LogP contribution in [0, 0.1) is 17.0 Å². The van der Waals surface area contributed by atoms with Gasteiger partial charge in [0.05, 0.1) is 21.4 Å². The predicted molar refractivity (Wildman–Crippen MR) is 133 cm³/mol. The van der Waals surface area contributed by atoms with Crippen molar-refractivity contribution in [2.75, 3.05) is 18.6 Å². The Morgan fingerprint density at radius 1 is 1.09 bits per heavy atom. The number of para-hydroxylation sites is 1. The fourth-order valence-corrected chi connectivity index (χ4v) is 3.72. The number of nitrogens with zero attached hydrogens (tertiary/aromatic N) is 3. The number of nitro groups is 1. The normalized spacial score (nSPS) is 10.7. The Morgan fingerprint density at radius 3 is 2.61 bits per heavy atom. The Morgan fingerprint density at radius 2 is 1.85 bits per heavy atom. The average Bonchev–Trinajstić information content (AvgIpc) is 3.21. The van der Waals surface area contributed by atoms with Crippen LogP contribution < -0.4 is 14.9 Å². The molecule has 1 heterocycles. The first-order chi connectivity index (χ1) is 15.6. The van der Waals surface area contributed by atoms with Gasteiger partial charge in [0.2, 0.25) is 5.13 Å². The highest BCUT2D eigenvalue weighted by Gasteiger charge is 2.11. The van der Waals surface area contributed by atoms with Crippen molar-refractivity contribution in [3.05, 3.63) is 88.0 Å². The molecule has 0 bridgehead atoms. The summed E-state index contributed by atoms with van der Waals surface area (Å²) in [6, 6.07) is 19.9. The van der Waals surface area contributed by atoms with Crippen molar-refractivity contribution in [1.29, 1.82) is 0 Å². The number of hydrogen-bond acceptors (Lipinski definition) is 8. The lowest BCUT2D eigenvalue weighted by atomic mass is 10.2. The summed E-state index contributed by atoms with van der Waals surface area (Å²) in [5.74, 6) is 1.22. The van der Waals surface area contributed by atoms with Gasteiger partial charge in [0.25, 0.3) is 5.69 Å². The number of nitro benzene ring substituents is 1. The summed E-state index contributed by atoms with van der Waals surface area (Å²) < 4.78 is 12.5. The quantitative estimate of drug-likeness (QED) is 0.139. The van der Waals surface area contributed by atoms with Gasteiger partial charge in [-0.05, 0) is 37.3 Å². The zero-order chi connectivity index (χ0) is 22.3. The molecule has 4 rings (SSSR count). The minimum absolute atomic E-state index is 0. The number of benzene rings is 3. The molecule has 4 aromatic rings. The molecule has 8 nitrogen and oxygen atoms in total. The molecule has 1 N–H and O–H groups in total. The van der Waals surface area contributed by atoms with Gasteiger partial charge < -0.3 is 9.47 Å². The second kappa shape index (κ2) is 11.3. The molecule has 0 aliphatic carbocycles. The molecule has 0 unspecified atom stereocenters. The van der Waals surface area contributed by atoms with E-state index in [4.69, 9.17) is 9.47 Å². The van der Waals surface area contributed by atoms with E-state index in [1.807, 2.05) is 55.5 Å². The molecular formula is C23H21ClN4O4S. The van der Waals surface area contributed by atoms with Gasteiger partial charge in [0.1, 0.15) is 24.7 Å². The highest BCUT2D eigenvalue weighted by atomic mass is 35.5. The van der Waals surface area contributed by atoms with E-state index in [1.165, 1.54) is 29.7 Å². The van der Waals surface area contributed by atoms with Gasteiger partial charge in [0, 0.05) is 17.7 Å². The molecule has 0 atom stereocenters. The lowest BCUT2D eigenvalue weighted by Crippen LogP contribution is -2.10. The number of halogens is 1. The topological polar surface area (TPSA) is 98.9 Å². The number of rotatable bonds is 9. The summed E-state index contributed by atoms with van der Waals surface area (Å²) in [7, 11) is 0. The van der Waals surface area contributed by atoms with Crippen molar-refractivity contribution in [2.24, 2.45) is 5.10 Å². The van der Waals surface area contributed by atoms with Crippen molar-refractivity contribution < 1.29 is 14.4 Å². The molecule has 0 spiro atoms. The van der Waals surface area contributed by atoms with Gasteiger partial charge in [-0.2, -0.15) is 5.10 Å². The first-order valence-electron chi connectivity index (χ1n) is 9.84. The lowest BCUT2D eigenvalue weighted by molar-refractivity contribution is -0.384. The molecule has 3 aromatic carbocycles. The van der Waals surface area contributed by atoms with Gasteiger partial charge in [0.15, 0.2) is 0 Å². The van der Waals surface area contributed by atoms with Crippen molar-refractivity contribution in [1.82, 2.24) is 4.98 Å². The van der Waals surface area contributed by atoms with E-state index in [0.29, 0.717) is 23.1 Å². The maximum atomic E-state index is 11.2. The van der Waals surface area contributed by atoms with E-state index in [-0.39, 0.29) is 24.7 Å². The van der Waals surface area contributed by atoms with Gasteiger partial charge in [-0.25, -0.2) is 4.98 Å². The molecular weight excluding hydrogens is 464 g/mol. The number of aromatic nitrogens is 1. The van der Waals surface area contributed by atoms with E-state index in [9.17, 15) is 10.1 Å². The molecule has 0 radical (unpaired) electrons. The van der Waals surface area contributed by atoms with E-state index in [0.717, 1.165) is 21.5 Å². The van der Waals surface area contributed by atoms with Gasteiger partial charge >= 0.3 is 0 Å². The van der Waals surface area contributed by atoms with Crippen LogP contribution in [0.2, 0.25) is 0 Å². The lowest BCUT2D eigenvalue weighted by Gasteiger charge is -2.10. The highest BCUT2D eigenvalue weighted by Crippen LogP contribution is 2.26. The van der Waals surface area contributed by atoms with E-state index in [1.54, 1.807) is 6.07 Å². The van der Waals surface area contributed by atoms with Crippen LogP contribution in [0.15, 0.2) is 71.8 Å². The Bertz CT molecular complexity index is 1230. The summed E-state index contributed by atoms with van der Waals surface area (Å²) in [6.07, 6.45) is 1.48. The summed E-state index contributed by atoms with van der Waals surface area (Å²) in [5, 5.41) is 16.0. The Balaban J connectivity index is 0.00000306. The minimum Gasteiger partial charge on any atom is -0.490 e. The molecule has 0 fully saturated rings. The molecule has 33 heavy (non-hydrogen) atoms. The van der Waals surface area contributed by atoms with Crippen molar-refractivity contribution in [3.8, 4) is 11.5 Å². The highest BCUT2D eigenvalue weighted by molar-refractivity contribution is 7.22.